The van der Waals surface area contributed by atoms with Crippen LogP contribution >= 0.6 is 11.3 Å². The Bertz CT molecular complexity index is 2000. The average molecular weight is 785 g/mol. The van der Waals surface area contributed by atoms with Gasteiger partial charge in [0.15, 0.2) is 16.8 Å². The third kappa shape index (κ3) is 12.8. The van der Waals surface area contributed by atoms with E-state index >= 15 is 0 Å². The minimum absolute atomic E-state index is 0.0854. The van der Waals surface area contributed by atoms with Gasteiger partial charge in [0, 0.05) is 19.2 Å². The van der Waals surface area contributed by atoms with E-state index in [-0.39, 0.29) is 45.2 Å². The maximum Gasteiger partial charge on any atom is 0.348 e. The van der Waals surface area contributed by atoms with Crippen LogP contribution < -0.4 is 32.1 Å². The maximum atomic E-state index is 14.6. The summed E-state index contributed by atoms with van der Waals surface area (Å²) in [5.74, 6) is -4.92. The summed E-state index contributed by atoms with van der Waals surface area (Å²) in [5.41, 5.74) is 3.39. The van der Waals surface area contributed by atoms with Crippen LogP contribution in [0.5, 0.6) is 0 Å². The lowest BCUT2D eigenvalue weighted by molar-refractivity contribution is -0.380. The molecule has 55 heavy (non-hydrogen) atoms. The van der Waals surface area contributed by atoms with E-state index in [1.807, 2.05) is 0 Å². The second-order valence-electron chi connectivity index (χ2n) is 12.5. The standard InChI is InChI=1S/C37H43F3N8O6S/c1-22-10-15-30(29(39)20-22)45-33-27(13-14-28(38)32(33)40)35(51)47-54-19-9-17-41-16-7-5-4-6-8-18-42-25-11-12-26(31(21-25)44-24(3)49)34(50)46-37-43-23(2)36(55-37)48(52)53/h10-15,20-21,41-42,45H,4-9,16-19H2,1-3H3,(H,44,49)(H,47,51)(H,43,46,50). The third-order valence-corrected chi connectivity index (χ3v) is 9.11. The summed E-state index contributed by atoms with van der Waals surface area (Å²) < 4.78 is 42.9. The second-order valence-corrected chi connectivity index (χ2v) is 13.5. The lowest BCUT2D eigenvalue weighted by Gasteiger charge is -2.14. The number of nitrogens with one attached hydrogen (secondary N) is 6. The maximum absolute atomic E-state index is 14.6. The quantitative estimate of drug-likeness (QED) is 0.0277. The van der Waals surface area contributed by atoms with E-state index in [2.05, 4.69) is 37.0 Å². The van der Waals surface area contributed by atoms with Crippen LogP contribution in [-0.2, 0) is 9.63 Å². The Morgan fingerprint density at radius 3 is 2.24 bits per heavy atom. The molecule has 0 saturated heterocycles. The molecule has 6 N–H and O–H groups in total. The number of aromatic nitrogens is 1. The van der Waals surface area contributed by atoms with Gasteiger partial charge in [0.2, 0.25) is 5.91 Å². The number of anilines is 5. The number of hydroxylamine groups is 1. The minimum Gasteiger partial charge on any atom is -0.385 e. The predicted molar refractivity (Wildman–Crippen MR) is 205 cm³/mol. The molecule has 4 rings (SSSR count). The van der Waals surface area contributed by atoms with Crippen LogP contribution in [0, 0.1) is 41.4 Å². The highest BCUT2D eigenvalue weighted by atomic mass is 32.1. The van der Waals surface area contributed by atoms with Crippen molar-refractivity contribution >= 4 is 61.9 Å². The van der Waals surface area contributed by atoms with Gasteiger partial charge in [-0.05, 0) is 106 Å². The van der Waals surface area contributed by atoms with Crippen LogP contribution in [0.4, 0.5) is 46.1 Å². The van der Waals surface area contributed by atoms with E-state index in [9.17, 15) is 37.7 Å². The van der Waals surface area contributed by atoms with Crippen LogP contribution in [0.1, 0.15) is 77.4 Å². The number of nitro groups is 1. The molecule has 0 spiro atoms. The summed E-state index contributed by atoms with van der Waals surface area (Å²) in [7, 11) is 0. The van der Waals surface area contributed by atoms with Gasteiger partial charge in [-0.2, -0.15) is 0 Å². The molecule has 18 heteroatoms. The molecule has 0 unspecified atom stereocenters. The molecular formula is C37H43F3N8O6S. The Hall–Kier alpha value is -5.59. The van der Waals surface area contributed by atoms with Crippen molar-refractivity contribution in [2.24, 2.45) is 0 Å². The lowest BCUT2D eigenvalue weighted by atomic mass is 10.1. The highest BCUT2D eigenvalue weighted by molar-refractivity contribution is 7.19. The summed E-state index contributed by atoms with van der Waals surface area (Å²) in [4.78, 5) is 57.2. The molecule has 0 saturated carbocycles. The molecule has 0 atom stereocenters. The Kier molecular flexibility index (Phi) is 15.9. The summed E-state index contributed by atoms with van der Waals surface area (Å²) >= 11 is 0.755. The fourth-order valence-corrected chi connectivity index (χ4v) is 6.12. The number of rotatable bonds is 21. The van der Waals surface area contributed by atoms with Crippen molar-refractivity contribution in [2.45, 2.75) is 59.3 Å². The van der Waals surface area contributed by atoms with Crippen LogP contribution in [0.3, 0.4) is 0 Å². The van der Waals surface area contributed by atoms with Crippen molar-refractivity contribution in [3.63, 3.8) is 0 Å². The average Bonchev–Trinajstić information content (AvgIpc) is 3.50. The van der Waals surface area contributed by atoms with Crippen LogP contribution in [0.25, 0.3) is 0 Å². The fraction of sp³-hybridized carbons (Fsp3) is 0.351. The largest absolute Gasteiger partial charge is 0.385 e. The van der Waals surface area contributed by atoms with Crippen molar-refractivity contribution in [3.8, 4) is 0 Å². The zero-order valence-corrected chi connectivity index (χ0v) is 31.4. The van der Waals surface area contributed by atoms with Gasteiger partial charge in [0.05, 0.1) is 39.7 Å². The molecule has 294 valence electrons. The van der Waals surface area contributed by atoms with Crippen molar-refractivity contribution in [1.82, 2.24) is 15.8 Å². The van der Waals surface area contributed by atoms with Gasteiger partial charge < -0.3 is 21.3 Å². The normalized spacial score (nSPS) is 10.9. The number of carbonyl (C=O) groups is 3. The number of aryl methyl sites for hydroxylation is 2. The van der Waals surface area contributed by atoms with E-state index in [1.54, 1.807) is 31.2 Å². The summed E-state index contributed by atoms with van der Waals surface area (Å²) in [5, 5.41) is 25.4. The topological polar surface area (TPSA) is 189 Å². The van der Waals surface area contributed by atoms with E-state index in [1.165, 1.54) is 26.0 Å². The van der Waals surface area contributed by atoms with Gasteiger partial charge in [-0.15, -0.1) is 0 Å². The molecule has 0 fully saturated rings. The van der Waals surface area contributed by atoms with Gasteiger partial charge in [0.25, 0.3) is 11.8 Å². The van der Waals surface area contributed by atoms with Gasteiger partial charge in [-0.25, -0.2) is 23.6 Å². The molecule has 0 aliphatic rings. The summed E-state index contributed by atoms with van der Waals surface area (Å²) in [6.45, 7) is 6.79. The lowest BCUT2D eigenvalue weighted by Crippen LogP contribution is -2.27. The number of hydrogen-bond acceptors (Lipinski definition) is 11. The van der Waals surface area contributed by atoms with Crippen LogP contribution in [0.2, 0.25) is 0 Å². The number of benzene rings is 3. The van der Waals surface area contributed by atoms with Crippen molar-refractivity contribution in [1.29, 1.82) is 0 Å². The van der Waals surface area contributed by atoms with Crippen molar-refractivity contribution in [3.05, 3.63) is 98.5 Å². The number of thiazole rings is 1. The minimum atomic E-state index is -1.32. The molecule has 0 aliphatic carbocycles. The van der Waals surface area contributed by atoms with Gasteiger partial charge in [0.1, 0.15) is 11.5 Å². The molecule has 1 heterocycles. The van der Waals surface area contributed by atoms with Gasteiger partial charge in [-0.1, -0.05) is 25.3 Å². The SMILES string of the molecule is CC(=O)Nc1cc(NCCCCCCCNCCCONC(=O)c2ccc(F)c(F)c2Nc2ccc(C)cc2F)ccc1C(=O)Nc1nc(C)c([N+](=O)[O-])s1. The molecular weight excluding hydrogens is 742 g/mol. The number of unbranched alkanes of at least 4 members (excludes halogenated alkanes) is 4. The first-order valence-electron chi connectivity index (χ1n) is 17.6. The molecule has 0 radical (unpaired) electrons. The molecule has 1 aromatic heterocycles. The summed E-state index contributed by atoms with van der Waals surface area (Å²) in [6, 6.07) is 11.0. The highest BCUT2D eigenvalue weighted by Gasteiger charge is 2.22. The zero-order valence-electron chi connectivity index (χ0n) is 30.6. The number of carbonyl (C=O) groups excluding carboxylic acids is 3. The van der Waals surface area contributed by atoms with Crippen LogP contribution in [0.15, 0.2) is 48.5 Å². The Morgan fingerprint density at radius 1 is 0.818 bits per heavy atom. The zero-order chi connectivity index (χ0) is 39.9. The Balaban J connectivity index is 1.08. The molecule has 14 nitrogen and oxygen atoms in total. The van der Waals surface area contributed by atoms with E-state index < -0.39 is 39.9 Å². The Labute approximate surface area is 319 Å². The molecule has 3 aromatic carbocycles. The number of amides is 3. The van der Waals surface area contributed by atoms with E-state index in [4.69, 9.17) is 4.84 Å². The predicted octanol–water partition coefficient (Wildman–Crippen LogP) is 7.74. The molecule has 0 bridgehead atoms. The first kappa shape index (κ1) is 42.2. The monoisotopic (exact) mass is 784 g/mol. The molecule has 3 amide bonds. The first-order chi connectivity index (χ1) is 26.3. The highest BCUT2D eigenvalue weighted by Crippen LogP contribution is 2.31. The smallest absolute Gasteiger partial charge is 0.348 e. The number of halogens is 3. The van der Waals surface area contributed by atoms with E-state index in [0.717, 1.165) is 67.8 Å². The van der Waals surface area contributed by atoms with Gasteiger partial charge in [-0.3, -0.25) is 34.7 Å². The first-order valence-corrected chi connectivity index (χ1v) is 18.4. The third-order valence-electron chi connectivity index (χ3n) is 8.08. The molecule has 4 aromatic rings. The molecule has 0 aliphatic heterocycles. The number of hydrogen-bond donors (Lipinski definition) is 6. The summed E-state index contributed by atoms with van der Waals surface area (Å²) in [6.07, 6.45) is 5.50. The number of nitrogens with zero attached hydrogens (tertiary/aromatic N) is 2. The van der Waals surface area contributed by atoms with Gasteiger partial charge >= 0.3 is 5.00 Å². The fourth-order valence-electron chi connectivity index (χ4n) is 5.34. The van der Waals surface area contributed by atoms with Crippen molar-refractivity contribution < 1.29 is 37.3 Å². The Morgan fingerprint density at radius 2 is 1.53 bits per heavy atom. The second kappa shape index (κ2) is 20.8. The van der Waals surface area contributed by atoms with Crippen LogP contribution in [-0.4, -0.2) is 53.9 Å². The van der Waals surface area contributed by atoms with Crippen molar-refractivity contribution in [2.75, 3.05) is 47.5 Å². The van der Waals surface area contributed by atoms with E-state index in [0.29, 0.717) is 30.8 Å².